The van der Waals surface area contributed by atoms with E-state index in [0.29, 0.717) is 16.4 Å². The Hall–Kier alpha value is -2.88. The first-order chi connectivity index (χ1) is 17.7. The molecule has 0 aliphatic rings. The number of benzene rings is 2. The van der Waals surface area contributed by atoms with Gasteiger partial charge in [0, 0.05) is 34.1 Å². The SMILES string of the molecule is [2H]C([2H])([2H])N(CCn1ccc(S(=O)(=O)N(Cc2ccc(OC)cc2)Cc2ccc(OC)cc2)n1)C([2H])([2H])[2H]. The first kappa shape index (κ1) is 16.7. The molecule has 0 radical (unpaired) electrons. The lowest BCUT2D eigenvalue weighted by atomic mass is 10.2. The highest BCUT2D eigenvalue weighted by atomic mass is 32.2. The van der Waals surface area contributed by atoms with Crippen molar-refractivity contribution < 1.29 is 26.1 Å². The molecule has 0 amide bonds. The molecule has 0 saturated heterocycles. The van der Waals surface area contributed by atoms with Gasteiger partial charge in [-0.1, -0.05) is 24.3 Å². The fraction of sp³-hybridized carbons (Fsp3) is 0.348. The van der Waals surface area contributed by atoms with E-state index in [1.54, 1.807) is 62.8 Å². The summed E-state index contributed by atoms with van der Waals surface area (Å²) in [6, 6.07) is 15.3. The minimum absolute atomic E-state index is 0.0527. The summed E-state index contributed by atoms with van der Waals surface area (Å²) in [7, 11) is -1.01. The molecule has 0 saturated carbocycles. The molecule has 0 spiro atoms. The van der Waals surface area contributed by atoms with Gasteiger partial charge in [0.05, 0.1) is 20.8 Å². The van der Waals surface area contributed by atoms with Gasteiger partial charge >= 0.3 is 0 Å². The molecule has 0 fully saturated rings. The molecule has 3 aromatic rings. The van der Waals surface area contributed by atoms with Gasteiger partial charge in [-0.2, -0.15) is 9.40 Å². The van der Waals surface area contributed by atoms with E-state index in [4.69, 9.17) is 17.7 Å². The third kappa shape index (κ3) is 6.09. The molecule has 32 heavy (non-hydrogen) atoms. The van der Waals surface area contributed by atoms with Gasteiger partial charge in [-0.25, -0.2) is 8.42 Å². The number of hydrogen-bond donors (Lipinski definition) is 0. The van der Waals surface area contributed by atoms with Crippen molar-refractivity contribution in [1.29, 1.82) is 0 Å². The Morgan fingerprint density at radius 1 is 0.906 bits per heavy atom. The predicted molar refractivity (Wildman–Crippen MR) is 123 cm³/mol. The lowest BCUT2D eigenvalue weighted by molar-refractivity contribution is 0.369. The Bertz CT molecular complexity index is 1230. The number of aromatic nitrogens is 2. The summed E-state index contributed by atoms with van der Waals surface area (Å²) in [5, 5.41) is 3.89. The Morgan fingerprint density at radius 3 is 1.91 bits per heavy atom. The maximum absolute atomic E-state index is 13.7. The molecule has 8 nitrogen and oxygen atoms in total. The van der Waals surface area contributed by atoms with E-state index < -0.39 is 24.0 Å². The number of sulfonamides is 1. The molecule has 172 valence electrons. The standard InChI is InChI=1S/C23H30N4O4S/c1-25(2)15-16-26-14-13-23(24-26)32(28,29)27(17-19-5-9-21(30-3)10-6-19)18-20-7-11-22(31-4)12-8-20/h5-14H,15-18H2,1-4H3/i1D3,2D3. The number of likely N-dealkylation sites (N-methyl/N-ethyl adjacent to an activating group) is 1. The minimum Gasteiger partial charge on any atom is -0.497 e. The Balaban J connectivity index is 1.86. The van der Waals surface area contributed by atoms with E-state index in [1.165, 1.54) is 21.3 Å². The molecule has 0 aliphatic carbocycles. The maximum Gasteiger partial charge on any atom is 0.262 e. The normalized spacial score (nSPS) is 15.4. The lowest BCUT2D eigenvalue weighted by Gasteiger charge is -2.21. The second-order valence-electron chi connectivity index (χ2n) is 7.04. The van der Waals surface area contributed by atoms with Crippen LogP contribution in [-0.4, -0.2) is 62.1 Å². The Morgan fingerprint density at radius 2 is 1.44 bits per heavy atom. The van der Waals surface area contributed by atoms with Crippen LogP contribution in [0.1, 0.15) is 19.4 Å². The summed E-state index contributed by atoms with van der Waals surface area (Å²) in [5.74, 6) is 1.28. The van der Waals surface area contributed by atoms with Gasteiger partial charge in [-0.05, 0) is 55.4 Å². The van der Waals surface area contributed by atoms with Gasteiger partial charge in [0.15, 0.2) is 5.03 Å². The average molecular weight is 465 g/mol. The van der Waals surface area contributed by atoms with Gasteiger partial charge in [0.25, 0.3) is 10.0 Å². The van der Waals surface area contributed by atoms with Gasteiger partial charge in [-0.3, -0.25) is 4.68 Å². The van der Waals surface area contributed by atoms with Gasteiger partial charge < -0.3 is 14.4 Å². The van der Waals surface area contributed by atoms with Crippen molar-refractivity contribution in [2.75, 3.05) is 34.7 Å². The molecular formula is C23H30N4O4S. The second kappa shape index (κ2) is 10.6. The smallest absolute Gasteiger partial charge is 0.262 e. The third-order valence-corrected chi connectivity index (χ3v) is 6.49. The summed E-state index contributed by atoms with van der Waals surface area (Å²) in [5.41, 5.74) is 1.46. The molecule has 0 bridgehead atoms. The maximum atomic E-state index is 13.7. The summed E-state index contributed by atoms with van der Waals surface area (Å²) < 4.78 is 85.1. The predicted octanol–water partition coefficient (Wildman–Crippen LogP) is 2.85. The highest BCUT2D eigenvalue weighted by Gasteiger charge is 2.27. The van der Waals surface area contributed by atoms with Crippen molar-refractivity contribution in [2.45, 2.75) is 24.7 Å². The third-order valence-electron chi connectivity index (χ3n) is 4.81. The summed E-state index contributed by atoms with van der Waals surface area (Å²) in [4.78, 5) is 0.398. The number of hydrogen-bond acceptors (Lipinski definition) is 6. The van der Waals surface area contributed by atoms with Crippen molar-refractivity contribution in [3.63, 3.8) is 0 Å². The second-order valence-corrected chi connectivity index (χ2v) is 8.92. The van der Waals surface area contributed by atoms with E-state index in [2.05, 4.69) is 5.10 Å². The van der Waals surface area contributed by atoms with Crippen LogP contribution < -0.4 is 9.47 Å². The number of ether oxygens (including phenoxy) is 2. The molecule has 0 N–H and O–H groups in total. The molecule has 2 aromatic carbocycles. The van der Waals surface area contributed by atoms with Crippen molar-refractivity contribution in [2.24, 2.45) is 0 Å². The van der Waals surface area contributed by atoms with Crippen molar-refractivity contribution in [3.8, 4) is 11.5 Å². The topological polar surface area (TPSA) is 76.9 Å². The zero-order chi connectivity index (χ0) is 28.1. The van der Waals surface area contributed by atoms with Gasteiger partial charge in [0.2, 0.25) is 0 Å². The fourth-order valence-electron chi connectivity index (χ4n) is 3.03. The van der Waals surface area contributed by atoms with Crippen LogP contribution in [0.5, 0.6) is 11.5 Å². The van der Waals surface area contributed by atoms with E-state index >= 15 is 0 Å². The number of methoxy groups -OCH3 is 2. The van der Waals surface area contributed by atoms with Crippen LogP contribution in [0.3, 0.4) is 0 Å². The molecule has 1 heterocycles. The molecule has 3 rings (SSSR count). The van der Waals surface area contributed by atoms with E-state index in [9.17, 15) is 8.42 Å². The fourth-order valence-corrected chi connectivity index (χ4v) is 4.38. The number of nitrogens with zero attached hydrogens (tertiary/aromatic N) is 4. The molecule has 0 atom stereocenters. The van der Waals surface area contributed by atoms with E-state index in [1.807, 2.05) is 0 Å². The summed E-state index contributed by atoms with van der Waals surface area (Å²) >= 11 is 0. The summed E-state index contributed by atoms with van der Waals surface area (Å²) in [6.07, 6.45) is 1.38. The molecule has 0 aliphatic heterocycles. The Kier molecular flexibility index (Phi) is 5.55. The summed E-state index contributed by atoms with van der Waals surface area (Å²) in [6.45, 7) is -6.10. The van der Waals surface area contributed by atoms with Crippen molar-refractivity contribution >= 4 is 10.0 Å². The molecule has 9 heteroatoms. The van der Waals surface area contributed by atoms with Crippen molar-refractivity contribution in [3.05, 3.63) is 71.9 Å². The first-order valence-electron chi connectivity index (χ1n) is 12.8. The highest BCUT2D eigenvalue weighted by molar-refractivity contribution is 7.89. The van der Waals surface area contributed by atoms with Crippen LogP contribution in [0.4, 0.5) is 0 Å². The zero-order valence-electron chi connectivity index (χ0n) is 23.9. The highest BCUT2D eigenvalue weighted by Crippen LogP contribution is 2.22. The lowest BCUT2D eigenvalue weighted by Crippen LogP contribution is -2.31. The van der Waals surface area contributed by atoms with Crippen molar-refractivity contribution in [1.82, 2.24) is 19.0 Å². The van der Waals surface area contributed by atoms with Crippen LogP contribution in [-0.2, 0) is 29.7 Å². The number of rotatable bonds is 11. The van der Waals surface area contributed by atoms with Crippen LogP contribution in [0, 0.1) is 0 Å². The zero-order valence-corrected chi connectivity index (χ0v) is 18.7. The Labute approximate surface area is 198 Å². The molecular weight excluding hydrogens is 428 g/mol. The van der Waals surface area contributed by atoms with Crippen LogP contribution in [0.25, 0.3) is 0 Å². The van der Waals surface area contributed by atoms with Crippen LogP contribution in [0.15, 0.2) is 65.8 Å². The van der Waals surface area contributed by atoms with E-state index in [-0.39, 0.29) is 31.2 Å². The average Bonchev–Trinajstić information content (AvgIpc) is 3.33. The minimum atomic E-state index is -4.10. The van der Waals surface area contributed by atoms with Crippen LogP contribution in [0.2, 0.25) is 0 Å². The van der Waals surface area contributed by atoms with Gasteiger partial charge in [-0.15, -0.1) is 0 Å². The van der Waals surface area contributed by atoms with Crippen LogP contribution >= 0.6 is 0 Å². The monoisotopic (exact) mass is 464 g/mol. The largest absolute Gasteiger partial charge is 0.497 e. The van der Waals surface area contributed by atoms with E-state index in [0.717, 1.165) is 11.1 Å². The van der Waals surface area contributed by atoms with Gasteiger partial charge in [0.1, 0.15) is 11.5 Å². The first-order valence-corrected chi connectivity index (χ1v) is 11.3. The quantitative estimate of drug-likeness (QED) is 0.434. The molecule has 1 aromatic heterocycles. The molecule has 0 unspecified atom stereocenters.